The van der Waals surface area contributed by atoms with Crippen molar-refractivity contribution in [1.82, 2.24) is 24.8 Å². The van der Waals surface area contributed by atoms with E-state index in [1.54, 1.807) is 36.8 Å². The summed E-state index contributed by atoms with van der Waals surface area (Å²) in [5.74, 6) is 0.174. The summed E-state index contributed by atoms with van der Waals surface area (Å²) in [6.07, 6.45) is 5.39. The lowest BCUT2D eigenvalue weighted by molar-refractivity contribution is 0.310. The Balaban J connectivity index is 1.64. The van der Waals surface area contributed by atoms with Gasteiger partial charge in [-0.25, -0.2) is 0 Å². The number of phenolic OH excluding ortho intramolecular Hbond substituents is 1. The van der Waals surface area contributed by atoms with E-state index >= 15 is 0 Å². The number of phenols is 1. The Bertz CT molecular complexity index is 1340. The highest BCUT2D eigenvalue weighted by Gasteiger charge is 2.41. The number of aryl methyl sites for hydroxylation is 1. The molecule has 2 atom stereocenters. The first-order chi connectivity index (χ1) is 16.4. The van der Waals surface area contributed by atoms with Crippen molar-refractivity contribution < 1.29 is 5.11 Å². The number of aromatic nitrogens is 3. The Morgan fingerprint density at radius 2 is 1.85 bits per heavy atom. The first-order valence-electron chi connectivity index (χ1n) is 11.0. The van der Waals surface area contributed by atoms with E-state index in [0.717, 1.165) is 28.2 Å². The number of aromatic hydroxyl groups is 1. The average molecular weight is 490 g/mol. The molecule has 0 unspecified atom stereocenters. The molecule has 0 radical (unpaired) electrons. The van der Waals surface area contributed by atoms with E-state index < -0.39 is 0 Å². The summed E-state index contributed by atoms with van der Waals surface area (Å²) in [7, 11) is 0. The molecular formula is C26H24ClN5OS. The second-order valence-corrected chi connectivity index (χ2v) is 9.23. The van der Waals surface area contributed by atoms with Gasteiger partial charge in [0.1, 0.15) is 5.75 Å². The van der Waals surface area contributed by atoms with Gasteiger partial charge in [0.2, 0.25) is 0 Å². The van der Waals surface area contributed by atoms with Crippen LogP contribution in [0.15, 0.2) is 73.2 Å². The molecule has 0 amide bonds. The largest absolute Gasteiger partial charge is 0.506 e. The highest BCUT2D eigenvalue weighted by Crippen LogP contribution is 2.42. The van der Waals surface area contributed by atoms with Gasteiger partial charge in [-0.15, -0.1) is 0 Å². The molecule has 3 aromatic heterocycles. The third-order valence-electron chi connectivity index (χ3n) is 6.27. The summed E-state index contributed by atoms with van der Waals surface area (Å²) in [5.41, 5.74) is 5.79. The first-order valence-corrected chi connectivity index (χ1v) is 11.8. The summed E-state index contributed by atoms with van der Waals surface area (Å²) in [6.45, 7) is 4.72. The van der Waals surface area contributed by atoms with Crippen LogP contribution in [-0.4, -0.2) is 29.7 Å². The number of hydrogen-bond acceptors (Lipinski definition) is 4. The topological polar surface area (TPSA) is 66.2 Å². The normalized spacial score (nSPS) is 17.7. The van der Waals surface area contributed by atoms with Crippen molar-refractivity contribution in [3.05, 3.63) is 106 Å². The molecule has 2 N–H and O–H groups in total. The zero-order chi connectivity index (χ0) is 23.8. The van der Waals surface area contributed by atoms with Crippen LogP contribution in [0.4, 0.5) is 0 Å². The van der Waals surface area contributed by atoms with Gasteiger partial charge in [0.15, 0.2) is 5.11 Å². The van der Waals surface area contributed by atoms with Crippen molar-refractivity contribution in [2.24, 2.45) is 0 Å². The molecular weight excluding hydrogens is 466 g/mol. The lowest BCUT2D eigenvalue weighted by Crippen LogP contribution is -2.29. The van der Waals surface area contributed by atoms with E-state index in [1.165, 1.54) is 0 Å². The summed E-state index contributed by atoms with van der Waals surface area (Å²) < 4.78 is 2.04. The van der Waals surface area contributed by atoms with E-state index in [2.05, 4.69) is 33.2 Å². The number of benzene rings is 1. The summed E-state index contributed by atoms with van der Waals surface area (Å²) >= 11 is 12.1. The van der Waals surface area contributed by atoms with E-state index in [9.17, 15) is 5.11 Å². The maximum atomic E-state index is 10.6. The van der Waals surface area contributed by atoms with E-state index in [1.807, 2.05) is 41.8 Å². The predicted molar refractivity (Wildman–Crippen MR) is 137 cm³/mol. The van der Waals surface area contributed by atoms with Gasteiger partial charge in [-0.3, -0.25) is 9.97 Å². The lowest BCUT2D eigenvalue weighted by Gasteiger charge is -2.28. The zero-order valence-corrected chi connectivity index (χ0v) is 20.4. The van der Waals surface area contributed by atoms with Crippen LogP contribution in [0.2, 0.25) is 5.02 Å². The second kappa shape index (κ2) is 9.08. The third-order valence-corrected chi connectivity index (χ3v) is 6.85. The van der Waals surface area contributed by atoms with Gasteiger partial charge in [-0.05, 0) is 85.7 Å². The predicted octanol–water partition coefficient (Wildman–Crippen LogP) is 5.42. The Hall–Kier alpha value is -3.42. The minimum atomic E-state index is -0.127. The van der Waals surface area contributed by atoms with Crippen LogP contribution in [-0.2, 0) is 6.54 Å². The number of pyridine rings is 2. The Labute approximate surface area is 208 Å². The fourth-order valence-electron chi connectivity index (χ4n) is 4.73. The molecule has 172 valence electrons. The van der Waals surface area contributed by atoms with Crippen molar-refractivity contribution in [2.75, 3.05) is 0 Å². The monoisotopic (exact) mass is 489 g/mol. The number of nitrogens with zero attached hydrogens (tertiary/aromatic N) is 4. The van der Waals surface area contributed by atoms with E-state index in [0.29, 0.717) is 22.4 Å². The van der Waals surface area contributed by atoms with Gasteiger partial charge in [0.05, 0.1) is 23.5 Å². The highest BCUT2D eigenvalue weighted by atomic mass is 35.5. The molecule has 1 saturated heterocycles. The minimum absolute atomic E-state index is 0.100. The summed E-state index contributed by atoms with van der Waals surface area (Å²) in [5, 5.41) is 15.3. The van der Waals surface area contributed by atoms with Crippen LogP contribution in [0.5, 0.6) is 5.75 Å². The SMILES string of the molecule is Cc1cc([C@@H]2[C@@H](c3ccccn3)NC(=S)N2Cc2ccncc2)c(C)n1-c1cc(Cl)ccc1O. The molecule has 0 bridgehead atoms. The molecule has 8 heteroatoms. The highest BCUT2D eigenvalue weighted by molar-refractivity contribution is 7.80. The van der Waals surface area contributed by atoms with Crippen molar-refractivity contribution in [2.45, 2.75) is 32.5 Å². The fraction of sp³-hybridized carbons (Fsp3) is 0.192. The maximum absolute atomic E-state index is 10.6. The van der Waals surface area contributed by atoms with Crippen LogP contribution in [0, 0.1) is 13.8 Å². The molecule has 1 aliphatic heterocycles. The van der Waals surface area contributed by atoms with Crippen LogP contribution in [0.3, 0.4) is 0 Å². The van der Waals surface area contributed by atoms with Crippen LogP contribution >= 0.6 is 23.8 Å². The molecule has 0 spiro atoms. The Kier molecular flexibility index (Phi) is 5.98. The van der Waals surface area contributed by atoms with Crippen LogP contribution in [0.25, 0.3) is 5.69 Å². The Morgan fingerprint density at radius 3 is 2.59 bits per heavy atom. The van der Waals surface area contributed by atoms with Gasteiger partial charge in [-0.1, -0.05) is 17.7 Å². The smallest absolute Gasteiger partial charge is 0.170 e. The average Bonchev–Trinajstić information content (AvgIpc) is 3.31. The van der Waals surface area contributed by atoms with Gasteiger partial charge < -0.3 is 19.9 Å². The minimum Gasteiger partial charge on any atom is -0.506 e. The van der Waals surface area contributed by atoms with Crippen LogP contribution < -0.4 is 5.32 Å². The molecule has 1 aromatic carbocycles. The molecule has 1 fully saturated rings. The standard InChI is InChI=1S/C26H24ClN5OS/c1-16-13-20(17(2)32(16)22-14-19(27)6-7-23(22)33)25-24(21-5-3-4-10-29-21)30-26(34)31(25)15-18-8-11-28-12-9-18/h3-14,24-25,33H,15H2,1-2H3,(H,30,34)/t24-,25-/m1/s1. The van der Waals surface area contributed by atoms with Gasteiger partial charge in [0.25, 0.3) is 0 Å². The molecule has 34 heavy (non-hydrogen) atoms. The third kappa shape index (κ3) is 4.02. The number of rotatable bonds is 5. The van der Waals surface area contributed by atoms with Crippen molar-refractivity contribution in [3.63, 3.8) is 0 Å². The van der Waals surface area contributed by atoms with E-state index in [-0.39, 0.29) is 17.8 Å². The molecule has 5 rings (SSSR count). The number of thiocarbonyl (C=S) groups is 1. The molecule has 0 aliphatic carbocycles. The van der Waals surface area contributed by atoms with Crippen molar-refractivity contribution >= 4 is 28.9 Å². The number of nitrogens with one attached hydrogen (secondary N) is 1. The van der Waals surface area contributed by atoms with Crippen LogP contribution in [0.1, 0.15) is 40.3 Å². The maximum Gasteiger partial charge on any atom is 0.170 e. The van der Waals surface area contributed by atoms with Gasteiger partial charge in [0, 0.05) is 41.5 Å². The summed E-state index contributed by atoms with van der Waals surface area (Å²) in [4.78, 5) is 11.0. The van der Waals surface area contributed by atoms with Gasteiger partial charge >= 0.3 is 0 Å². The second-order valence-electron chi connectivity index (χ2n) is 8.40. The van der Waals surface area contributed by atoms with Crippen molar-refractivity contribution in [1.29, 1.82) is 0 Å². The summed E-state index contributed by atoms with van der Waals surface area (Å²) in [6, 6.07) is 16.9. The molecule has 0 saturated carbocycles. The number of hydrogen-bond donors (Lipinski definition) is 2. The molecule has 6 nitrogen and oxygen atoms in total. The lowest BCUT2D eigenvalue weighted by atomic mass is 9.96. The molecule has 1 aliphatic rings. The van der Waals surface area contributed by atoms with E-state index in [4.69, 9.17) is 23.8 Å². The quantitative estimate of drug-likeness (QED) is 0.365. The molecule has 4 aromatic rings. The fourth-order valence-corrected chi connectivity index (χ4v) is 5.20. The Morgan fingerprint density at radius 1 is 1.06 bits per heavy atom. The van der Waals surface area contributed by atoms with Gasteiger partial charge in [-0.2, -0.15) is 0 Å². The molecule has 4 heterocycles. The van der Waals surface area contributed by atoms with Crippen molar-refractivity contribution in [3.8, 4) is 11.4 Å². The first kappa shape index (κ1) is 22.4. The number of halogens is 1. The zero-order valence-electron chi connectivity index (χ0n) is 18.8.